The van der Waals surface area contributed by atoms with Crippen LogP contribution < -0.4 is 4.74 Å². The number of carbonyl (C=O) groups excluding carboxylic acids is 1. The molecule has 0 spiro atoms. The highest BCUT2D eigenvalue weighted by atomic mass is 32.2. The lowest BCUT2D eigenvalue weighted by Crippen LogP contribution is -2.35. The highest BCUT2D eigenvalue weighted by Gasteiger charge is 2.34. The maximum absolute atomic E-state index is 11.9. The largest absolute Gasteiger partial charge is 0.480 e. The molecule has 1 fully saturated rings. The fourth-order valence-corrected chi connectivity index (χ4v) is 2.74. The Morgan fingerprint density at radius 3 is 2.81 bits per heavy atom. The maximum atomic E-state index is 11.9. The minimum atomic E-state index is -3.35. The van der Waals surface area contributed by atoms with Gasteiger partial charge in [-0.1, -0.05) is 6.07 Å². The van der Waals surface area contributed by atoms with Crippen molar-refractivity contribution in [1.29, 1.82) is 0 Å². The van der Waals surface area contributed by atoms with Gasteiger partial charge in [-0.05, 0) is 18.2 Å². The van der Waals surface area contributed by atoms with Gasteiger partial charge in [0.25, 0.3) is 5.91 Å². The lowest BCUT2D eigenvalue weighted by Gasteiger charge is -2.15. The van der Waals surface area contributed by atoms with E-state index < -0.39 is 27.8 Å². The van der Waals surface area contributed by atoms with Crippen LogP contribution in [0.25, 0.3) is 0 Å². The number of ether oxygens (including phenoxy) is 1. The Balaban J connectivity index is 2.10. The molecule has 0 saturated carbocycles. The normalized spacial score (nSPS) is 18.8. The molecule has 1 amide bonds. The number of hydrogen-bond acceptors (Lipinski definition) is 5. The van der Waals surface area contributed by atoms with Crippen LogP contribution in [0.4, 0.5) is 0 Å². The van der Waals surface area contributed by atoms with E-state index in [0.29, 0.717) is 13.0 Å². The van der Waals surface area contributed by atoms with E-state index >= 15 is 0 Å². The number of likely N-dealkylation sites (tertiary alicyclic amines) is 1. The summed E-state index contributed by atoms with van der Waals surface area (Å²) in [6.45, 7) is -0.0519. The molecule has 7 nitrogen and oxygen atoms in total. The molecule has 1 N–H and O–H groups in total. The number of aliphatic carboxylic acids is 1. The smallest absolute Gasteiger partial charge is 0.323 e. The number of carbonyl (C=O) groups is 2. The summed E-state index contributed by atoms with van der Waals surface area (Å²) in [6, 6.07) is 5.87. The second-order valence-corrected chi connectivity index (χ2v) is 6.81. The summed E-state index contributed by atoms with van der Waals surface area (Å²) in [6.07, 6.45) is 0.676. The van der Waals surface area contributed by atoms with Gasteiger partial charge in [0.1, 0.15) is 12.3 Å². The molecule has 1 aromatic rings. The second-order valence-electron chi connectivity index (χ2n) is 4.80. The van der Waals surface area contributed by atoms with Crippen LogP contribution in [0.15, 0.2) is 29.2 Å². The minimum Gasteiger partial charge on any atom is -0.480 e. The summed E-state index contributed by atoms with van der Waals surface area (Å²) in [7, 11) is -3.35. The van der Waals surface area contributed by atoms with Crippen LogP contribution in [-0.2, 0) is 19.4 Å². The number of benzene rings is 1. The standard InChI is InChI=1S/C13H15NO6S/c1-21(18,19)10-4-2-3-9(7-10)20-11-5-6-14(13(11)17)8-12(15)16/h2-4,7,11H,5-6,8H2,1H3,(H,15,16). The van der Waals surface area contributed by atoms with Gasteiger partial charge in [0, 0.05) is 19.2 Å². The summed E-state index contributed by atoms with van der Waals surface area (Å²) in [5, 5.41) is 8.69. The summed E-state index contributed by atoms with van der Waals surface area (Å²) < 4.78 is 28.4. The monoisotopic (exact) mass is 313 g/mol. The van der Waals surface area contributed by atoms with Gasteiger partial charge in [0.05, 0.1) is 4.90 Å². The molecule has 1 atom stereocenters. The van der Waals surface area contributed by atoms with E-state index in [4.69, 9.17) is 9.84 Å². The molecule has 8 heteroatoms. The van der Waals surface area contributed by atoms with Crippen LogP contribution in [0.3, 0.4) is 0 Å². The fourth-order valence-electron chi connectivity index (χ4n) is 2.08. The number of amides is 1. The summed E-state index contributed by atoms with van der Waals surface area (Å²) in [5.41, 5.74) is 0. The number of nitrogens with zero attached hydrogens (tertiary/aromatic N) is 1. The van der Waals surface area contributed by atoms with E-state index in [1.54, 1.807) is 6.07 Å². The van der Waals surface area contributed by atoms with Crippen LogP contribution in [0, 0.1) is 0 Å². The van der Waals surface area contributed by atoms with Crippen LogP contribution in [0.5, 0.6) is 5.75 Å². The summed E-state index contributed by atoms with van der Waals surface area (Å²) >= 11 is 0. The molecule has 0 bridgehead atoms. The Morgan fingerprint density at radius 2 is 2.19 bits per heavy atom. The zero-order valence-electron chi connectivity index (χ0n) is 11.4. The van der Waals surface area contributed by atoms with Gasteiger partial charge in [0.15, 0.2) is 15.9 Å². The molecule has 1 heterocycles. The van der Waals surface area contributed by atoms with Crippen LogP contribution in [0.2, 0.25) is 0 Å². The van der Waals surface area contributed by atoms with Crippen molar-refractivity contribution in [3.05, 3.63) is 24.3 Å². The highest BCUT2D eigenvalue weighted by molar-refractivity contribution is 7.90. The Morgan fingerprint density at radius 1 is 1.48 bits per heavy atom. The first-order valence-electron chi connectivity index (χ1n) is 6.25. The fraction of sp³-hybridized carbons (Fsp3) is 0.385. The topological polar surface area (TPSA) is 101 Å². The minimum absolute atomic E-state index is 0.104. The first-order chi connectivity index (χ1) is 9.77. The van der Waals surface area contributed by atoms with Crippen molar-refractivity contribution in [2.45, 2.75) is 17.4 Å². The van der Waals surface area contributed by atoms with Gasteiger partial charge in [0.2, 0.25) is 0 Å². The predicted octanol–water partition coefficient (Wildman–Crippen LogP) is 0.154. The molecule has 2 rings (SSSR count). The van der Waals surface area contributed by atoms with Crippen molar-refractivity contribution in [2.75, 3.05) is 19.3 Å². The van der Waals surface area contributed by atoms with Crippen molar-refractivity contribution in [3.8, 4) is 5.75 Å². The van der Waals surface area contributed by atoms with Crippen molar-refractivity contribution in [2.24, 2.45) is 0 Å². The van der Waals surface area contributed by atoms with E-state index in [2.05, 4.69) is 0 Å². The predicted molar refractivity (Wildman–Crippen MR) is 72.8 cm³/mol. The number of carboxylic acid groups (broad SMARTS) is 1. The summed E-state index contributed by atoms with van der Waals surface area (Å²) in [5.74, 6) is -1.21. The highest BCUT2D eigenvalue weighted by Crippen LogP contribution is 2.22. The van der Waals surface area contributed by atoms with Crippen LogP contribution in [-0.4, -0.2) is 55.7 Å². The lowest BCUT2D eigenvalue weighted by molar-refractivity contribution is -0.144. The third-order valence-electron chi connectivity index (χ3n) is 3.09. The second kappa shape index (κ2) is 5.72. The van der Waals surface area contributed by atoms with E-state index in [-0.39, 0.29) is 17.2 Å². The molecule has 114 valence electrons. The molecule has 1 aliphatic rings. The molecule has 0 radical (unpaired) electrons. The molecule has 1 aliphatic heterocycles. The third kappa shape index (κ3) is 3.72. The summed E-state index contributed by atoms with van der Waals surface area (Å²) in [4.78, 5) is 23.9. The molecule has 0 aliphatic carbocycles. The quantitative estimate of drug-likeness (QED) is 0.830. The molecule has 1 unspecified atom stereocenters. The van der Waals surface area contributed by atoms with E-state index in [9.17, 15) is 18.0 Å². The zero-order chi connectivity index (χ0) is 15.6. The Kier molecular flexibility index (Phi) is 4.17. The van der Waals surface area contributed by atoms with Gasteiger partial charge in [-0.15, -0.1) is 0 Å². The number of carboxylic acids is 1. The van der Waals surface area contributed by atoms with Gasteiger partial charge in [-0.3, -0.25) is 9.59 Å². The van der Waals surface area contributed by atoms with Crippen molar-refractivity contribution in [1.82, 2.24) is 4.90 Å². The first kappa shape index (κ1) is 15.3. The molecule has 21 heavy (non-hydrogen) atoms. The maximum Gasteiger partial charge on any atom is 0.323 e. The average Bonchev–Trinajstić information content (AvgIpc) is 2.70. The van der Waals surface area contributed by atoms with Gasteiger partial charge < -0.3 is 14.7 Å². The van der Waals surface area contributed by atoms with Crippen molar-refractivity contribution < 1.29 is 27.9 Å². The molecular weight excluding hydrogens is 298 g/mol. The van der Waals surface area contributed by atoms with Gasteiger partial charge >= 0.3 is 5.97 Å². The zero-order valence-corrected chi connectivity index (χ0v) is 12.2. The van der Waals surface area contributed by atoms with E-state index in [0.717, 1.165) is 6.26 Å². The van der Waals surface area contributed by atoms with Crippen molar-refractivity contribution in [3.63, 3.8) is 0 Å². The van der Waals surface area contributed by atoms with Crippen LogP contribution >= 0.6 is 0 Å². The Hall–Kier alpha value is -2.09. The number of sulfone groups is 1. The average molecular weight is 313 g/mol. The number of rotatable bonds is 5. The molecule has 0 aromatic heterocycles. The molecule has 1 saturated heterocycles. The molecular formula is C13H15NO6S. The van der Waals surface area contributed by atoms with Gasteiger partial charge in [-0.25, -0.2) is 8.42 Å². The van der Waals surface area contributed by atoms with Crippen LogP contribution in [0.1, 0.15) is 6.42 Å². The SMILES string of the molecule is CS(=O)(=O)c1cccc(OC2CCN(CC(=O)O)C2=O)c1. The van der Waals surface area contributed by atoms with E-state index in [1.165, 1.54) is 23.1 Å². The lowest BCUT2D eigenvalue weighted by atomic mass is 10.3. The first-order valence-corrected chi connectivity index (χ1v) is 8.14. The third-order valence-corrected chi connectivity index (χ3v) is 4.20. The Labute approximate surface area is 122 Å². The van der Waals surface area contributed by atoms with Crippen molar-refractivity contribution >= 4 is 21.7 Å². The van der Waals surface area contributed by atoms with Gasteiger partial charge in [-0.2, -0.15) is 0 Å². The Bertz CT molecular complexity index is 669. The van der Waals surface area contributed by atoms with E-state index in [1.807, 2.05) is 0 Å². The molecule has 1 aromatic carbocycles. The number of hydrogen-bond donors (Lipinski definition) is 1.